The van der Waals surface area contributed by atoms with Crippen molar-refractivity contribution < 1.29 is 23.8 Å². The van der Waals surface area contributed by atoms with E-state index in [1.54, 1.807) is 18.1 Å². The first-order valence-corrected chi connectivity index (χ1v) is 7.76. The molecule has 0 spiro atoms. The minimum atomic E-state index is -0.970. The summed E-state index contributed by atoms with van der Waals surface area (Å²) in [5.41, 5.74) is 0.919. The lowest BCUT2D eigenvalue weighted by molar-refractivity contribution is -0.142. The summed E-state index contributed by atoms with van der Waals surface area (Å²) < 4.78 is 18.8. The fraction of sp³-hybridized carbons (Fsp3) is 0.529. The summed E-state index contributed by atoms with van der Waals surface area (Å²) in [6.45, 7) is 1.03. The van der Waals surface area contributed by atoms with Gasteiger partial charge >= 0.3 is 5.97 Å². The molecule has 0 aromatic heterocycles. The zero-order valence-electron chi connectivity index (χ0n) is 13.2. The van der Waals surface area contributed by atoms with Gasteiger partial charge in [0.05, 0.1) is 12.5 Å². The number of aliphatic carboxylic acids is 1. The Morgan fingerprint density at radius 2 is 2.17 bits per heavy atom. The number of nitrogens with zero attached hydrogens (tertiary/aromatic N) is 1. The van der Waals surface area contributed by atoms with Gasteiger partial charge in [-0.3, -0.25) is 9.59 Å². The SMILES string of the molecule is CO[C@@H]1CN(C(=O)CCC(=O)O)CC[C@@H]1Cc1cccc(F)c1. The molecule has 1 aliphatic heterocycles. The summed E-state index contributed by atoms with van der Waals surface area (Å²) >= 11 is 0. The predicted octanol–water partition coefficient (Wildman–Crippen LogP) is 2.10. The van der Waals surface area contributed by atoms with Crippen molar-refractivity contribution in [2.75, 3.05) is 20.2 Å². The average Bonchev–Trinajstić information content (AvgIpc) is 2.53. The topological polar surface area (TPSA) is 66.8 Å². The van der Waals surface area contributed by atoms with Crippen LogP contribution >= 0.6 is 0 Å². The Kier molecular flexibility index (Phi) is 6.10. The highest BCUT2D eigenvalue weighted by Crippen LogP contribution is 2.25. The summed E-state index contributed by atoms with van der Waals surface area (Å²) in [6.07, 6.45) is 1.20. The Hall–Kier alpha value is -1.95. The Balaban J connectivity index is 1.93. The molecular formula is C17H22FNO4. The zero-order chi connectivity index (χ0) is 16.8. The summed E-state index contributed by atoms with van der Waals surface area (Å²) in [6, 6.07) is 6.52. The van der Waals surface area contributed by atoms with Gasteiger partial charge in [0.2, 0.25) is 5.91 Å². The third-order valence-electron chi connectivity index (χ3n) is 4.29. The van der Waals surface area contributed by atoms with Crippen molar-refractivity contribution in [1.82, 2.24) is 4.90 Å². The van der Waals surface area contributed by atoms with Gasteiger partial charge in [0.15, 0.2) is 0 Å². The highest BCUT2D eigenvalue weighted by Gasteiger charge is 2.31. The lowest BCUT2D eigenvalue weighted by Gasteiger charge is -2.38. The maximum atomic E-state index is 13.3. The Morgan fingerprint density at radius 3 is 2.83 bits per heavy atom. The fourth-order valence-corrected chi connectivity index (χ4v) is 3.03. The third-order valence-corrected chi connectivity index (χ3v) is 4.29. The minimum Gasteiger partial charge on any atom is -0.481 e. The van der Waals surface area contributed by atoms with E-state index in [4.69, 9.17) is 9.84 Å². The van der Waals surface area contributed by atoms with Crippen LogP contribution in [0, 0.1) is 11.7 Å². The largest absolute Gasteiger partial charge is 0.481 e. The van der Waals surface area contributed by atoms with Gasteiger partial charge in [0, 0.05) is 26.6 Å². The van der Waals surface area contributed by atoms with E-state index < -0.39 is 5.97 Å². The van der Waals surface area contributed by atoms with Gasteiger partial charge in [-0.15, -0.1) is 0 Å². The second-order valence-electron chi connectivity index (χ2n) is 5.89. The lowest BCUT2D eigenvalue weighted by Crippen LogP contribution is -2.48. The van der Waals surface area contributed by atoms with Crippen LogP contribution in [0.3, 0.4) is 0 Å². The van der Waals surface area contributed by atoms with Crippen LogP contribution in [0.25, 0.3) is 0 Å². The van der Waals surface area contributed by atoms with Crippen molar-refractivity contribution in [3.05, 3.63) is 35.6 Å². The summed E-state index contributed by atoms with van der Waals surface area (Å²) in [5, 5.41) is 8.66. The number of likely N-dealkylation sites (tertiary alicyclic amines) is 1. The molecular weight excluding hydrogens is 301 g/mol. The second-order valence-corrected chi connectivity index (χ2v) is 5.89. The number of carboxylic acids is 1. The van der Waals surface area contributed by atoms with E-state index in [0.29, 0.717) is 19.5 Å². The molecule has 1 N–H and O–H groups in total. The molecule has 1 aromatic rings. The minimum absolute atomic E-state index is 0.0142. The summed E-state index contributed by atoms with van der Waals surface area (Å²) in [5.74, 6) is -1.16. The normalized spacial score (nSPS) is 21.2. The number of hydrogen-bond acceptors (Lipinski definition) is 3. The van der Waals surface area contributed by atoms with E-state index >= 15 is 0 Å². The number of rotatable bonds is 6. The van der Waals surface area contributed by atoms with Crippen LogP contribution in [0.1, 0.15) is 24.8 Å². The number of hydrogen-bond donors (Lipinski definition) is 1. The summed E-state index contributed by atoms with van der Waals surface area (Å²) in [7, 11) is 1.61. The number of benzene rings is 1. The summed E-state index contributed by atoms with van der Waals surface area (Å²) in [4.78, 5) is 24.3. The highest BCUT2D eigenvalue weighted by atomic mass is 19.1. The second kappa shape index (κ2) is 8.06. The number of ether oxygens (including phenoxy) is 1. The molecule has 0 unspecified atom stereocenters. The van der Waals surface area contributed by atoms with Crippen LogP contribution < -0.4 is 0 Å². The molecule has 1 fully saturated rings. The van der Waals surface area contributed by atoms with Crippen molar-refractivity contribution >= 4 is 11.9 Å². The van der Waals surface area contributed by atoms with Crippen LogP contribution in [0.5, 0.6) is 0 Å². The van der Waals surface area contributed by atoms with Crippen LogP contribution in [0.2, 0.25) is 0 Å². The fourth-order valence-electron chi connectivity index (χ4n) is 3.03. The van der Waals surface area contributed by atoms with Gasteiger partial charge in [-0.25, -0.2) is 4.39 Å². The molecule has 6 heteroatoms. The van der Waals surface area contributed by atoms with E-state index in [1.807, 2.05) is 6.07 Å². The van der Waals surface area contributed by atoms with E-state index in [-0.39, 0.29) is 36.6 Å². The highest BCUT2D eigenvalue weighted by molar-refractivity contribution is 5.80. The van der Waals surface area contributed by atoms with Gasteiger partial charge in [-0.1, -0.05) is 12.1 Å². The first kappa shape index (κ1) is 17.4. The Labute approximate surface area is 135 Å². The van der Waals surface area contributed by atoms with Crippen molar-refractivity contribution in [1.29, 1.82) is 0 Å². The smallest absolute Gasteiger partial charge is 0.303 e. The third kappa shape index (κ3) is 5.03. The van der Waals surface area contributed by atoms with Crippen molar-refractivity contribution in [2.45, 2.75) is 31.8 Å². The standard InChI is InChI=1S/C17H22FNO4/c1-23-15-11-19(16(20)5-6-17(21)22)8-7-13(15)9-12-3-2-4-14(18)10-12/h2-4,10,13,15H,5-9,11H2,1H3,(H,21,22)/t13-,15-/m1/s1. The maximum Gasteiger partial charge on any atom is 0.303 e. The van der Waals surface area contributed by atoms with Gasteiger partial charge < -0.3 is 14.7 Å². The number of carbonyl (C=O) groups excluding carboxylic acids is 1. The molecule has 5 nitrogen and oxygen atoms in total. The van der Waals surface area contributed by atoms with Crippen LogP contribution in [0.4, 0.5) is 4.39 Å². The molecule has 1 heterocycles. The van der Waals surface area contributed by atoms with E-state index in [0.717, 1.165) is 12.0 Å². The number of carbonyl (C=O) groups is 2. The molecule has 1 saturated heterocycles. The van der Waals surface area contributed by atoms with Gasteiger partial charge in [0.25, 0.3) is 0 Å². The molecule has 0 bridgehead atoms. The lowest BCUT2D eigenvalue weighted by atomic mass is 9.87. The molecule has 1 aliphatic rings. The average molecular weight is 323 g/mol. The van der Waals surface area contributed by atoms with Crippen molar-refractivity contribution in [3.63, 3.8) is 0 Å². The molecule has 0 saturated carbocycles. The van der Waals surface area contributed by atoms with Crippen LogP contribution in [-0.4, -0.2) is 48.2 Å². The molecule has 1 amide bonds. The molecule has 0 aliphatic carbocycles. The van der Waals surface area contributed by atoms with E-state index in [2.05, 4.69) is 0 Å². The predicted molar refractivity (Wildman–Crippen MR) is 82.5 cm³/mol. The zero-order valence-corrected chi connectivity index (χ0v) is 13.2. The monoisotopic (exact) mass is 323 g/mol. The Morgan fingerprint density at radius 1 is 1.39 bits per heavy atom. The Bertz CT molecular complexity index is 563. The first-order valence-electron chi connectivity index (χ1n) is 7.76. The van der Waals surface area contributed by atoms with E-state index in [1.165, 1.54) is 12.1 Å². The quantitative estimate of drug-likeness (QED) is 0.870. The number of piperidine rings is 1. The number of methoxy groups -OCH3 is 1. The van der Waals surface area contributed by atoms with Gasteiger partial charge in [-0.05, 0) is 36.5 Å². The van der Waals surface area contributed by atoms with Crippen molar-refractivity contribution in [3.8, 4) is 0 Å². The van der Waals surface area contributed by atoms with Gasteiger partial charge in [0.1, 0.15) is 5.82 Å². The van der Waals surface area contributed by atoms with Gasteiger partial charge in [-0.2, -0.15) is 0 Å². The van der Waals surface area contributed by atoms with Crippen molar-refractivity contribution in [2.24, 2.45) is 5.92 Å². The molecule has 1 aromatic carbocycles. The molecule has 2 atom stereocenters. The first-order chi connectivity index (χ1) is 11.0. The maximum absolute atomic E-state index is 13.3. The number of carboxylic acid groups (broad SMARTS) is 1. The molecule has 0 radical (unpaired) electrons. The molecule has 126 valence electrons. The van der Waals surface area contributed by atoms with Crippen LogP contribution in [0.15, 0.2) is 24.3 Å². The molecule has 23 heavy (non-hydrogen) atoms. The van der Waals surface area contributed by atoms with E-state index in [9.17, 15) is 14.0 Å². The number of amides is 1. The van der Waals surface area contributed by atoms with Crippen LogP contribution in [-0.2, 0) is 20.7 Å². The molecule has 2 rings (SSSR count). The number of halogens is 1.